The van der Waals surface area contributed by atoms with Crippen LogP contribution < -0.4 is 5.32 Å². The highest BCUT2D eigenvalue weighted by atomic mass is 15.1. The summed E-state index contributed by atoms with van der Waals surface area (Å²) < 4.78 is 2.21. The van der Waals surface area contributed by atoms with Crippen molar-refractivity contribution in [3.8, 4) is 5.69 Å². The molecule has 2 heterocycles. The molecule has 0 bridgehead atoms. The SMILES string of the molecule is CCCc1nccn1-c1cc(C)ncc1CNC1CC1. The summed E-state index contributed by atoms with van der Waals surface area (Å²) in [4.78, 5) is 8.93. The molecule has 3 rings (SSSR count). The summed E-state index contributed by atoms with van der Waals surface area (Å²) >= 11 is 0. The average Bonchev–Trinajstić information content (AvgIpc) is 3.16. The Balaban J connectivity index is 1.92. The predicted octanol–water partition coefficient (Wildman–Crippen LogP) is 2.78. The molecule has 1 aliphatic rings. The van der Waals surface area contributed by atoms with Gasteiger partial charge in [-0.05, 0) is 32.3 Å². The van der Waals surface area contributed by atoms with Crippen molar-refractivity contribution in [1.29, 1.82) is 0 Å². The first-order chi connectivity index (χ1) is 9.78. The molecule has 2 aromatic rings. The van der Waals surface area contributed by atoms with E-state index in [1.165, 1.54) is 24.1 Å². The lowest BCUT2D eigenvalue weighted by Crippen LogP contribution is -2.17. The van der Waals surface area contributed by atoms with Crippen molar-refractivity contribution in [1.82, 2.24) is 19.9 Å². The number of hydrogen-bond acceptors (Lipinski definition) is 3. The quantitative estimate of drug-likeness (QED) is 0.877. The molecule has 0 radical (unpaired) electrons. The highest BCUT2D eigenvalue weighted by molar-refractivity contribution is 5.42. The van der Waals surface area contributed by atoms with Gasteiger partial charge in [0.25, 0.3) is 0 Å². The van der Waals surface area contributed by atoms with Crippen LogP contribution in [0.15, 0.2) is 24.7 Å². The van der Waals surface area contributed by atoms with Crippen molar-refractivity contribution in [2.24, 2.45) is 0 Å². The number of hydrogen-bond donors (Lipinski definition) is 1. The minimum absolute atomic E-state index is 0.710. The Morgan fingerprint density at radius 1 is 1.35 bits per heavy atom. The zero-order valence-corrected chi connectivity index (χ0v) is 12.3. The summed E-state index contributed by atoms with van der Waals surface area (Å²) in [5.41, 5.74) is 3.51. The molecule has 1 saturated carbocycles. The van der Waals surface area contributed by atoms with Crippen LogP contribution in [0.25, 0.3) is 5.69 Å². The van der Waals surface area contributed by atoms with E-state index >= 15 is 0 Å². The zero-order chi connectivity index (χ0) is 13.9. The molecule has 106 valence electrons. The molecule has 0 atom stereocenters. The molecule has 0 aliphatic heterocycles. The van der Waals surface area contributed by atoms with E-state index < -0.39 is 0 Å². The van der Waals surface area contributed by atoms with Crippen LogP contribution in [0, 0.1) is 6.92 Å². The molecular weight excluding hydrogens is 248 g/mol. The van der Waals surface area contributed by atoms with Crippen LogP contribution >= 0.6 is 0 Å². The summed E-state index contributed by atoms with van der Waals surface area (Å²) in [7, 11) is 0. The maximum Gasteiger partial charge on any atom is 0.113 e. The molecule has 4 heteroatoms. The molecule has 4 nitrogen and oxygen atoms in total. The molecule has 0 saturated heterocycles. The van der Waals surface area contributed by atoms with Gasteiger partial charge in [-0.1, -0.05) is 6.92 Å². The fourth-order valence-electron chi connectivity index (χ4n) is 2.44. The summed E-state index contributed by atoms with van der Waals surface area (Å²) in [5, 5.41) is 3.57. The molecule has 0 aromatic carbocycles. The van der Waals surface area contributed by atoms with E-state index in [9.17, 15) is 0 Å². The maximum absolute atomic E-state index is 4.48. The first kappa shape index (κ1) is 13.3. The van der Waals surface area contributed by atoms with E-state index in [-0.39, 0.29) is 0 Å². The van der Waals surface area contributed by atoms with E-state index in [0.717, 1.165) is 30.9 Å². The van der Waals surface area contributed by atoms with E-state index in [1.54, 1.807) is 0 Å². The lowest BCUT2D eigenvalue weighted by atomic mass is 10.2. The van der Waals surface area contributed by atoms with Gasteiger partial charge in [0, 0.05) is 48.9 Å². The van der Waals surface area contributed by atoms with Gasteiger partial charge in [0.1, 0.15) is 5.82 Å². The highest BCUT2D eigenvalue weighted by Crippen LogP contribution is 2.22. The molecule has 1 N–H and O–H groups in total. The van der Waals surface area contributed by atoms with Crippen LogP contribution in [0.3, 0.4) is 0 Å². The number of rotatable bonds is 6. The van der Waals surface area contributed by atoms with Gasteiger partial charge in [-0.25, -0.2) is 4.98 Å². The number of aromatic nitrogens is 3. The third kappa shape index (κ3) is 2.90. The number of nitrogens with one attached hydrogen (secondary N) is 1. The Morgan fingerprint density at radius 2 is 2.20 bits per heavy atom. The van der Waals surface area contributed by atoms with Crippen LogP contribution in [0.2, 0.25) is 0 Å². The van der Waals surface area contributed by atoms with E-state index in [2.05, 4.69) is 39.0 Å². The Labute approximate surface area is 120 Å². The van der Waals surface area contributed by atoms with E-state index in [4.69, 9.17) is 0 Å². The van der Waals surface area contributed by atoms with Crippen LogP contribution in [0.1, 0.15) is 43.3 Å². The normalized spacial score (nSPS) is 14.7. The first-order valence-electron chi connectivity index (χ1n) is 7.49. The minimum atomic E-state index is 0.710. The summed E-state index contributed by atoms with van der Waals surface area (Å²) in [6.07, 6.45) is 10.7. The topological polar surface area (TPSA) is 42.7 Å². The number of aryl methyl sites for hydroxylation is 2. The zero-order valence-electron chi connectivity index (χ0n) is 12.3. The molecule has 2 aromatic heterocycles. The predicted molar refractivity (Wildman–Crippen MR) is 80.0 cm³/mol. The molecular formula is C16H22N4. The average molecular weight is 270 g/mol. The molecule has 20 heavy (non-hydrogen) atoms. The molecule has 1 aliphatic carbocycles. The molecule has 0 spiro atoms. The fourth-order valence-corrected chi connectivity index (χ4v) is 2.44. The Hall–Kier alpha value is -1.68. The van der Waals surface area contributed by atoms with Gasteiger partial charge in [-0.15, -0.1) is 0 Å². The summed E-state index contributed by atoms with van der Waals surface area (Å²) in [5.74, 6) is 1.13. The first-order valence-corrected chi connectivity index (χ1v) is 7.49. The van der Waals surface area contributed by atoms with Gasteiger partial charge >= 0.3 is 0 Å². The monoisotopic (exact) mass is 270 g/mol. The maximum atomic E-state index is 4.48. The van der Waals surface area contributed by atoms with Crippen molar-refractivity contribution in [3.05, 3.63) is 41.7 Å². The van der Waals surface area contributed by atoms with Crippen molar-refractivity contribution in [3.63, 3.8) is 0 Å². The standard InChI is InChI=1S/C16H22N4/c1-3-4-16-17-7-8-20(16)15-9-12(2)18-10-13(15)11-19-14-5-6-14/h7-10,14,19H,3-6,11H2,1-2H3. The Morgan fingerprint density at radius 3 is 2.95 bits per heavy atom. The minimum Gasteiger partial charge on any atom is -0.310 e. The van der Waals surface area contributed by atoms with E-state index in [1.807, 2.05) is 19.3 Å². The van der Waals surface area contributed by atoms with Gasteiger partial charge < -0.3 is 9.88 Å². The van der Waals surface area contributed by atoms with Gasteiger partial charge in [0.15, 0.2) is 0 Å². The number of imidazole rings is 1. The number of nitrogens with zero attached hydrogens (tertiary/aromatic N) is 3. The van der Waals surface area contributed by atoms with Gasteiger partial charge in [-0.2, -0.15) is 0 Å². The summed E-state index contributed by atoms with van der Waals surface area (Å²) in [6.45, 7) is 5.11. The van der Waals surface area contributed by atoms with Crippen LogP contribution in [0.5, 0.6) is 0 Å². The van der Waals surface area contributed by atoms with Gasteiger partial charge in [0.05, 0.1) is 5.69 Å². The highest BCUT2D eigenvalue weighted by Gasteiger charge is 2.21. The second-order valence-corrected chi connectivity index (χ2v) is 5.57. The second-order valence-electron chi connectivity index (χ2n) is 5.57. The number of pyridine rings is 1. The molecule has 0 amide bonds. The van der Waals surface area contributed by atoms with Crippen LogP contribution in [-0.4, -0.2) is 20.6 Å². The third-order valence-corrected chi connectivity index (χ3v) is 3.71. The van der Waals surface area contributed by atoms with Crippen LogP contribution in [-0.2, 0) is 13.0 Å². The largest absolute Gasteiger partial charge is 0.310 e. The van der Waals surface area contributed by atoms with E-state index in [0.29, 0.717) is 6.04 Å². The summed E-state index contributed by atoms with van der Waals surface area (Å²) in [6, 6.07) is 2.87. The second kappa shape index (κ2) is 5.75. The Kier molecular flexibility index (Phi) is 3.83. The smallest absolute Gasteiger partial charge is 0.113 e. The van der Waals surface area contributed by atoms with Crippen LogP contribution in [0.4, 0.5) is 0 Å². The molecule has 1 fully saturated rings. The lowest BCUT2D eigenvalue weighted by molar-refractivity contribution is 0.679. The van der Waals surface area contributed by atoms with Crippen molar-refractivity contribution >= 4 is 0 Å². The Bertz CT molecular complexity index is 584. The van der Waals surface area contributed by atoms with Gasteiger partial charge in [-0.3, -0.25) is 4.98 Å². The van der Waals surface area contributed by atoms with Gasteiger partial charge in [0.2, 0.25) is 0 Å². The van der Waals surface area contributed by atoms with Crippen molar-refractivity contribution in [2.75, 3.05) is 0 Å². The van der Waals surface area contributed by atoms with Crippen molar-refractivity contribution in [2.45, 2.75) is 52.1 Å². The molecule has 0 unspecified atom stereocenters. The van der Waals surface area contributed by atoms with Crippen molar-refractivity contribution < 1.29 is 0 Å². The fraction of sp³-hybridized carbons (Fsp3) is 0.500. The lowest BCUT2D eigenvalue weighted by Gasteiger charge is -2.14. The third-order valence-electron chi connectivity index (χ3n) is 3.71.